The van der Waals surface area contributed by atoms with Crippen molar-refractivity contribution in [3.63, 3.8) is 0 Å². The van der Waals surface area contributed by atoms with Crippen molar-refractivity contribution in [3.8, 4) is 28.2 Å². The highest BCUT2D eigenvalue weighted by molar-refractivity contribution is 7.07. The summed E-state index contributed by atoms with van der Waals surface area (Å²) in [6.07, 6.45) is 0. The van der Waals surface area contributed by atoms with Crippen LogP contribution in [0.25, 0.3) is 33.4 Å². The van der Waals surface area contributed by atoms with Crippen LogP contribution in [-0.4, -0.2) is 21.2 Å². The lowest BCUT2D eigenvalue weighted by molar-refractivity contribution is 0.0699. The zero-order chi connectivity index (χ0) is 23.1. The van der Waals surface area contributed by atoms with Crippen LogP contribution in [-0.2, 0) is 6.61 Å². The fourth-order valence-electron chi connectivity index (χ4n) is 3.78. The van der Waals surface area contributed by atoms with Crippen molar-refractivity contribution in [3.05, 3.63) is 75.8 Å². The number of furan rings is 1. The third kappa shape index (κ3) is 3.76. The minimum absolute atomic E-state index is 0.0274. The molecule has 1 N–H and O–H groups in total. The summed E-state index contributed by atoms with van der Waals surface area (Å²) in [4.78, 5) is 16.4. The lowest BCUT2D eigenvalue weighted by Crippen LogP contribution is -2.00. The molecule has 0 aliphatic heterocycles. The van der Waals surface area contributed by atoms with E-state index < -0.39 is 11.8 Å². The number of aryl methyl sites for hydroxylation is 2. The SMILES string of the molecule is Cc1noc(C)c1-c1cc2oc(-c3ccc(F)cc3)c(C(=O)O)c2cc1OCc1cscn1. The van der Waals surface area contributed by atoms with E-state index in [1.807, 2.05) is 12.3 Å². The number of fused-ring (bicyclic) bond motifs is 1. The molecule has 0 aliphatic carbocycles. The molecule has 0 bridgehead atoms. The van der Waals surface area contributed by atoms with Crippen LogP contribution in [0.2, 0.25) is 0 Å². The van der Waals surface area contributed by atoms with Gasteiger partial charge in [-0.05, 0) is 50.2 Å². The number of hydrogen-bond donors (Lipinski definition) is 1. The van der Waals surface area contributed by atoms with E-state index in [1.165, 1.54) is 35.6 Å². The van der Waals surface area contributed by atoms with Gasteiger partial charge in [0, 0.05) is 21.9 Å². The molecular formula is C24H17FN2O5S. The Kier molecular flexibility index (Phi) is 5.18. The molecule has 9 heteroatoms. The topological polar surface area (TPSA) is 98.6 Å². The molecule has 3 aromatic heterocycles. The molecule has 0 atom stereocenters. The van der Waals surface area contributed by atoms with E-state index >= 15 is 0 Å². The van der Waals surface area contributed by atoms with Crippen molar-refractivity contribution in [1.29, 1.82) is 0 Å². The Morgan fingerprint density at radius 2 is 2.00 bits per heavy atom. The summed E-state index contributed by atoms with van der Waals surface area (Å²) < 4.78 is 30.8. The Balaban J connectivity index is 1.73. The van der Waals surface area contributed by atoms with Crippen molar-refractivity contribution in [2.45, 2.75) is 20.5 Å². The van der Waals surface area contributed by atoms with Gasteiger partial charge in [-0.2, -0.15) is 0 Å². The fraction of sp³-hybridized carbons (Fsp3) is 0.125. The number of carbonyl (C=O) groups is 1. The Bertz CT molecular complexity index is 1450. The van der Waals surface area contributed by atoms with Gasteiger partial charge < -0.3 is 18.8 Å². The van der Waals surface area contributed by atoms with Gasteiger partial charge in [0.15, 0.2) is 0 Å². The average Bonchev–Trinajstić information content (AvgIpc) is 3.51. The standard InChI is InChI=1S/C24H17FN2O5S/c1-12-21(13(2)32-27-12)17-8-20-18(7-19(17)30-9-16-10-33-11-26-16)22(24(28)29)23(31-20)14-3-5-15(25)6-4-14/h3-8,10-11H,9H2,1-2H3,(H,28,29). The van der Waals surface area contributed by atoms with Crippen molar-refractivity contribution in [1.82, 2.24) is 10.1 Å². The summed E-state index contributed by atoms with van der Waals surface area (Å²) in [6, 6.07) is 8.83. The molecule has 0 radical (unpaired) electrons. The first kappa shape index (κ1) is 20.9. The highest BCUT2D eigenvalue weighted by Crippen LogP contribution is 2.42. The molecule has 2 aromatic carbocycles. The summed E-state index contributed by atoms with van der Waals surface area (Å²) >= 11 is 1.46. The van der Waals surface area contributed by atoms with Crippen LogP contribution < -0.4 is 4.74 Å². The predicted molar refractivity (Wildman–Crippen MR) is 120 cm³/mol. The van der Waals surface area contributed by atoms with E-state index in [0.29, 0.717) is 39.3 Å². The maximum Gasteiger partial charge on any atom is 0.340 e. The molecule has 0 fully saturated rings. The van der Waals surface area contributed by atoms with E-state index in [4.69, 9.17) is 13.7 Å². The van der Waals surface area contributed by atoms with Gasteiger partial charge in [-0.1, -0.05) is 5.16 Å². The minimum atomic E-state index is -1.16. The van der Waals surface area contributed by atoms with Gasteiger partial charge in [0.05, 0.1) is 22.5 Å². The van der Waals surface area contributed by atoms with Crippen LogP contribution in [0.5, 0.6) is 5.75 Å². The van der Waals surface area contributed by atoms with Gasteiger partial charge in [0.2, 0.25) is 0 Å². The van der Waals surface area contributed by atoms with Crippen molar-refractivity contribution in [2.24, 2.45) is 0 Å². The van der Waals surface area contributed by atoms with E-state index in [1.54, 1.807) is 24.6 Å². The molecule has 0 saturated carbocycles. The zero-order valence-electron chi connectivity index (χ0n) is 17.6. The molecule has 166 valence electrons. The van der Waals surface area contributed by atoms with Gasteiger partial charge in [0.1, 0.15) is 40.8 Å². The second-order valence-electron chi connectivity index (χ2n) is 7.43. The third-order valence-corrected chi connectivity index (χ3v) is 5.91. The number of thiazole rings is 1. The molecule has 0 saturated heterocycles. The number of ether oxygens (including phenoxy) is 1. The van der Waals surface area contributed by atoms with E-state index in [0.717, 1.165) is 11.3 Å². The number of benzene rings is 2. The molecule has 5 aromatic rings. The lowest BCUT2D eigenvalue weighted by Gasteiger charge is -2.11. The summed E-state index contributed by atoms with van der Waals surface area (Å²) in [5, 5.41) is 16.2. The van der Waals surface area contributed by atoms with Gasteiger partial charge in [-0.15, -0.1) is 11.3 Å². The Hall–Kier alpha value is -3.98. The van der Waals surface area contributed by atoms with Crippen molar-refractivity contribution < 1.29 is 28.0 Å². The highest BCUT2D eigenvalue weighted by atomic mass is 32.1. The second kappa shape index (κ2) is 8.18. The highest BCUT2D eigenvalue weighted by Gasteiger charge is 2.26. The Morgan fingerprint density at radius 3 is 2.64 bits per heavy atom. The predicted octanol–water partition coefficient (Wildman–Crippen LogP) is 6.24. The lowest BCUT2D eigenvalue weighted by atomic mass is 9.99. The number of carboxylic acid groups (broad SMARTS) is 1. The number of hydrogen-bond acceptors (Lipinski definition) is 7. The smallest absolute Gasteiger partial charge is 0.340 e. The molecule has 0 amide bonds. The number of aromatic carboxylic acids is 1. The number of nitrogens with zero attached hydrogens (tertiary/aromatic N) is 2. The van der Waals surface area contributed by atoms with Crippen LogP contribution in [0.15, 0.2) is 56.2 Å². The van der Waals surface area contributed by atoms with Crippen LogP contribution >= 0.6 is 11.3 Å². The maximum atomic E-state index is 13.4. The monoisotopic (exact) mass is 464 g/mol. The summed E-state index contributed by atoms with van der Waals surface area (Å²) in [5.74, 6) is -0.416. The third-order valence-electron chi connectivity index (χ3n) is 5.27. The number of aromatic nitrogens is 2. The molecule has 5 rings (SSSR count). The summed E-state index contributed by atoms with van der Waals surface area (Å²) in [7, 11) is 0. The summed E-state index contributed by atoms with van der Waals surface area (Å²) in [5.41, 5.74) is 5.30. The first-order chi connectivity index (χ1) is 15.9. The molecule has 0 unspecified atom stereocenters. The second-order valence-corrected chi connectivity index (χ2v) is 8.15. The van der Waals surface area contributed by atoms with E-state index in [-0.39, 0.29) is 17.9 Å². The first-order valence-corrected chi connectivity index (χ1v) is 10.9. The normalized spacial score (nSPS) is 11.2. The van der Waals surface area contributed by atoms with Crippen molar-refractivity contribution in [2.75, 3.05) is 0 Å². The molecule has 3 heterocycles. The summed E-state index contributed by atoms with van der Waals surface area (Å²) in [6.45, 7) is 3.81. The maximum absolute atomic E-state index is 13.4. The van der Waals surface area contributed by atoms with Crippen LogP contribution in [0, 0.1) is 19.7 Å². The molecule has 0 aliphatic rings. The van der Waals surface area contributed by atoms with Crippen LogP contribution in [0.3, 0.4) is 0 Å². The van der Waals surface area contributed by atoms with Crippen LogP contribution in [0.1, 0.15) is 27.5 Å². The largest absolute Gasteiger partial charge is 0.487 e. The number of carboxylic acids is 1. The molecule has 33 heavy (non-hydrogen) atoms. The van der Waals surface area contributed by atoms with Gasteiger partial charge in [0.25, 0.3) is 0 Å². The minimum Gasteiger partial charge on any atom is -0.487 e. The van der Waals surface area contributed by atoms with E-state index in [9.17, 15) is 14.3 Å². The average molecular weight is 464 g/mol. The fourth-order valence-corrected chi connectivity index (χ4v) is 4.33. The molecular weight excluding hydrogens is 447 g/mol. The molecule has 0 spiro atoms. The number of halogens is 1. The van der Waals surface area contributed by atoms with Crippen LogP contribution in [0.4, 0.5) is 4.39 Å². The zero-order valence-corrected chi connectivity index (χ0v) is 18.4. The Labute approximate surface area is 191 Å². The first-order valence-electron chi connectivity index (χ1n) is 9.95. The van der Waals surface area contributed by atoms with Crippen molar-refractivity contribution >= 4 is 28.3 Å². The Morgan fingerprint density at radius 1 is 1.21 bits per heavy atom. The van der Waals surface area contributed by atoms with E-state index in [2.05, 4.69) is 10.1 Å². The van der Waals surface area contributed by atoms with Gasteiger partial charge >= 0.3 is 5.97 Å². The van der Waals surface area contributed by atoms with Gasteiger partial charge in [-0.25, -0.2) is 14.2 Å². The van der Waals surface area contributed by atoms with Gasteiger partial charge in [-0.3, -0.25) is 0 Å². The quantitative estimate of drug-likeness (QED) is 0.317. The number of rotatable bonds is 6. The molecule has 7 nitrogen and oxygen atoms in total.